The molecule has 142 valence electrons. The Morgan fingerprint density at radius 3 is 2.96 bits per heavy atom. The second kappa shape index (κ2) is 6.29. The zero-order chi connectivity index (χ0) is 19.3. The van der Waals surface area contributed by atoms with Gasteiger partial charge < -0.3 is 14.2 Å². The standard InChI is InChI=1S/C19H18N6O3/c1-23-7-8-25-15(19(23)27)9-13(22-25)18(26)24-6-4-16-14(11-24)21-17(28-16)12-3-2-5-20-10-12/h2-3,5,9-10H,4,6-8,11H2,1H3. The molecule has 0 N–H and O–H groups in total. The van der Waals surface area contributed by atoms with Crippen LogP contribution in [0.1, 0.15) is 32.4 Å². The number of pyridine rings is 1. The van der Waals surface area contributed by atoms with Gasteiger partial charge in [0.2, 0.25) is 5.89 Å². The van der Waals surface area contributed by atoms with E-state index >= 15 is 0 Å². The summed E-state index contributed by atoms with van der Waals surface area (Å²) >= 11 is 0. The number of carbonyl (C=O) groups excluding carboxylic acids is 2. The van der Waals surface area contributed by atoms with Crippen molar-refractivity contribution in [2.75, 3.05) is 20.1 Å². The number of amides is 2. The van der Waals surface area contributed by atoms with E-state index in [1.54, 1.807) is 40.0 Å². The molecule has 0 aromatic carbocycles. The highest BCUT2D eigenvalue weighted by Gasteiger charge is 2.30. The molecule has 0 saturated carbocycles. The van der Waals surface area contributed by atoms with E-state index in [1.165, 1.54) is 0 Å². The van der Waals surface area contributed by atoms with E-state index in [2.05, 4.69) is 15.1 Å². The van der Waals surface area contributed by atoms with Gasteiger partial charge in [-0.25, -0.2) is 4.98 Å². The molecular formula is C19H18N6O3. The van der Waals surface area contributed by atoms with Gasteiger partial charge in [-0.2, -0.15) is 5.10 Å². The smallest absolute Gasteiger partial charge is 0.274 e. The van der Waals surface area contributed by atoms with Crippen LogP contribution in [0.4, 0.5) is 0 Å². The van der Waals surface area contributed by atoms with Crippen molar-refractivity contribution in [2.45, 2.75) is 19.5 Å². The van der Waals surface area contributed by atoms with E-state index in [1.807, 2.05) is 12.1 Å². The number of hydrogen-bond acceptors (Lipinski definition) is 6. The number of rotatable bonds is 2. The molecular weight excluding hydrogens is 360 g/mol. The summed E-state index contributed by atoms with van der Waals surface area (Å²) in [4.78, 5) is 37.2. The van der Waals surface area contributed by atoms with Crippen molar-refractivity contribution in [1.29, 1.82) is 0 Å². The largest absolute Gasteiger partial charge is 0.441 e. The Hall–Kier alpha value is -3.49. The summed E-state index contributed by atoms with van der Waals surface area (Å²) in [6, 6.07) is 5.30. The molecule has 2 aliphatic rings. The van der Waals surface area contributed by atoms with Crippen LogP contribution in [0.5, 0.6) is 0 Å². The summed E-state index contributed by atoms with van der Waals surface area (Å²) < 4.78 is 7.47. The fourth-order valence-corrected chi connectivity index (χ4v) is 3.55. The predicted molar refractivity (Wildman–Crippen MR) is 97.4 cm³/mol. The van der Waals surface area contributed by atoms with Gasteiger partial charge in [0.25, 0.3) is 11.8 Å². The van der Waals surface area contributed by atoms with Gasteiger partial charge >= 0.3 is 0 Å². The first kappa shape index (κ1) is 16.7. The minimum Gasteiger partial charge on any atom is -0.441 e. The Labute approximate surface area is 160 Å². The van der Waals surface area contributed by atoms with Gasteiger partial charge in [-0.05, 0) is 12.1 Å². The maximum absolute atomic E-state index is 12.9. The highest BCUT2D eigenvalue weighted by atomic mass is 16.4. The van der Waals surface area contributed by atoms with E-state index in [4.69, 9.17) is 4.42 Å². The number of likely N-dealkylation sites (N-methyl/N-ethyl adjacent to an activating group) is 1. The lowest BCUT2D eigenvalue weighted by atomic mass is 10.1. The van der Waals surface area contributed by atoms with E-state index in [0.29, 0.717) is 44.2 Å². The molecule has 3 aromatic rings. The molecule has 0 bridgehead atoms. The quantitative estimate of drug-likeness (QED) is 0.665. The summed E-state index contributed by atoms with van der Waals surface area (Å²) in [5.74, 6) is 0.993. The molecule has 0 fully saturated rings. The number of hydrogen-bond donors (Lipinski definition) is 0. The zero-order valence-corrected chi connectivity index (χ0v) is 15.3. The lowest BCUT2D eigenvalue weighted by molar-refractivity contribution is 0.0715. The normalized spacial score (nSPS) is 16.1. The van der Waals surface area contributed by atoms with Crippen molar-refractivity contribution in [1.82, 2.24) is 29.5 Å². The van der Waals surface area contributed by atoms with Crippen molar-refractivity contribution < 1.29 is 14.0 Å². The molecule has 5 rings (SSSR count). The molecule has 9 nitrogen and oxygen atoms in total. The average molecular weight is 378 g/mol. The highest BCUT2D eigenvalue weighted by molar-refractivity contribution is 5.98. The third kappa shape index (κ3) is 2.67. The van der Waals surface area contributed by atoms with Crippen LogP contribution >= 0.6 is 0 Å². The fourth-order valence-electron chi connectivity index (χ4n) is 3.55. The van der Waals surface area contributed by atoms with Crippen LogP contribution < -0.4 is 0 Å². The number of oxazole rings is 1. The Morgan fingerprint density at radius 2 is 2.14 bits per heavy atom. The SMILES string of the molecule is CN1CCn2nc(C(=O)N3CCc4oc(-c5cccnc5)nc4C3)cc2C1=O. The van der Waals surface area contributed by atoms with Gasteiger partial charge in [-0.1, -0.05) is 0 Å². The minimum atomic E-state index is -0.200. The van der Waals surface area contributed by atoms with Gasteiger partial charge in [0.1, 0.15) is 17.1 Å². The molecule has 0 saturated heterocycles. The lowest BCUT2D eigenvalue weighted by Crippen LogP contribution is -2.37. The average Bonchev–Trinajstić information content (AvgIpc) is 3.35. The summed E-state index contributed by atoms with van der Waals surface area (Å²) in [7, 11) is 1.75. The molecule has 0 radical (unpaired) electrons. The summed E-state index contributed by atoms with van der Waals surface area (Å²) in [6.07, 6.45) is 3.98. The van der Waals surface area contributed by atoms with Crippen molar-refractivity contribution in [3.63, 3.8) is 0 Å². The van der Waals surface area contributed by atoms with Crippen molar-refractivity contribution >= 4 is 11.8 Å². The Bertz CT molecular complexity index is 1070. The molecule has 2 amide bonds. The van der Waals surface area contributed by atoms with Gasteiger partial charge in [0.15, 0.2) is 5.69 Å². The van der Waals surface area contributed by atoms with Gasteiger partial charge in [0, 0.05) is 45.0 Å². The van der Waals surface area contributed by atoms with Crippen molar-refractivity contribution in [3.05, 3.63) is 53.4 Å². The first-order valence-electron chi connectivity index (χ1n) is 9.12. The van der Waals surface area contributed by atoms with Gasteiger partial charge in [0.05, 0.1) is 18.7 Å². The Kier molecular flexibility index (Phi) is 3.75. The zero-order valence-electron chi connectivity index (χ0n) is 15.3. The highest BCUT2D eigenvalue weighted by Crippen LogP contribution is 2.26. The van der Waals surface area contributed by atoms with Crippen LogP contribution in [0.2, 0.25) is 0 Å². The number of nitrogens with zero attached hydrogens (tertiary/aromatic N) is 6. The maximum atomic E-state index is 12.9. The van der Waals surface area contributed by atoms with Gasteiger partial charge in [-0.15, -0.1) is 0 Å². The molecule has 9 heteroatoms. The summed E-state index contributed by atoms with van der Waals surface area (Å²) in [6.45, 7) is 2.05. The molecule has 0 spiro atoms. The second-order valence-corrected chi connectivity index (χ2v) is 6.97. The maximum Gasteiger partial charge on any atom is 0.274 e. The number of carbonyl (C=O) groups is 2. The van der Waals surface area contributed by atoms with Crippen molar-refractivity contribution in [3.8, 4) is 11.5 Å². The monoisotopic (exact) mass is 378 g/mol. The third-order valence-electron chi connectivity index (χ3n) is 5.14. The van der Waals surface area contributed by atoms with E-state index in [-0.39, 0.29) is 17.5 Å². The molecule has 0 atom stereocenters. The van der Waals surface area contributed by atoms with Crippen LogP contribution in [0.3, 0.4) is 0 Å². The molecule has 2 aliphatic heterocycles. The van der Waals surface area contributed by atoms with Crippen LogP contribution in [-0.2, 0) is 19.5 Å². The first-order valence-corrected chi connectivity index (χ1v) is 9.12. The number of fused-ring (bicyclic) bond motifs is 2. The fraction of sp³-hybridized carbons (Fsp3) is 0.316. The molecule has 28 heavy (non-hydrogen) atoms. The number of aromatic nitrogens is 4. The van der Waals surface area contributed by atoms with Crippen LogP contribution in [0, 0.1) is 0 Å². The van der Waals surface area contributed by atoms with Crippen LogP contribution in [0.15, 0.2) is 35.0 Å². The Morgan fingerprint density at radius 1 is 1.25 bits per heavy atom. The molecule has 5 heterocycles. The molecule has 0 unspecified atom stereocenters. The topological polar surface area (TPSA) is 97.4 Å². The molecule has 3 aromatic heterocycles. The summed E-state index contributed by atoms with van der Waals surface area (Å²) in [5.41, 5.74) is 2.30. The van der Waals surface area contributed by atoms with Crippen LogP contribution in [-0.4, -0.2) is 61.5 Å². The van der Waals surface area contributed by atoms with E-state index in [0.717, 1.165) is 17.0 Å². The Balaban J connectivity index is 1.38. The van der Waals surface area contributed by atoms with E-state index in [9.17, 15) is 9.59 Å². The van der Waals surface area contributed by atoms with Gasteiger partial charge in [-0.3, -0.25) is 19.3 Å². The first-order chi connectivity index (χ1) is 13.6. The minimum absolute atomic E-state index is 0.114. The molecule has 0 aliphatic carbocycles. The second-order valence-electron chi connectivity index (χ2n) is 6.97. The van der Waals surface area contributed by atoms with Crippen LogP contribution in [0.25, 0.3) is 11.5 Å². The third-order valence-corrected chi connectivity index (χ3v) is 5.14. The van der Waals surface area contributed by atoms with Crippen molar-refractivity contribution in [2.24, 2.45) is 0 Å². The predicted octanol–water partition coefficient (Wildman–Crippen LogP) is 1.22. The lowest BCUT2D eigenvalue weighted by Gasteiger charge is -2.24. The van der Waals surface area contributed by atoms with E-state index < -0.39 is 0 Å². The summed E-state index contributed by atoms with van der Waals surface area (Å²) in [5, 5.41) is 4.35.